The number of hydrogen-bond donors (Lipinski definition) is 1. The lowest BCUT2D eigenvalue weighted by Gasteiger charge is -2.30. The molecule has 3 rings (SSSR count). The van der Waals surface area contributed by atoms with E-state index in [1.165, 1.54) is 31.4 Å². The molecular weight excluding hydrogens is 260 g/mol. The number of likely N-dealkylation sites (tertiary alicyclic amines) is 1. The van der Waals surface area contributed by atoms with Crippen molar-refractivity contribution in [3.05, 3.63) is 30.1 Å². The van der Waals surface area contributed by atoms with E-state index in [-0.39, 0.29) is 0 Å². The largest absolute Gasteiger partial charge is 0.330 e. The van der Waals surface area contributed by atoms with Gasteiger partial charge in [-0.1, -0.05) is 19.1 Å². The molecule has 0 bridgehead atoms. The van der Waals surface area contributed by atoms with E-state index in [1.54, 1.807) is 0 Å². The van der Waals surface area contributed by atoms with Crippen LogP contribution in [0.4, 0.5) is 0 Å². The molecule has 0 spiro atoms. The van der Waals surface area contributed by atoms with Crippen LogP contribution in [-0.2, 0) is 13.6 Å². The molecule has 1 saturated heterocycles. The van der Waals surface area contributed by atoms with E-state index in [2.05, 4.69) is 47.0 Å². The summed E-state index contributed by atoms with van der Waals surface area (Å²) in [6, 6.07) is 8.32. The number of hydrogen-bond acceptors (Lipinski definition) is 3. The number of benzene rings is 1. The first kappa shape index (κ1) is 14.5. The minimum absolute atomic E-state index is 0.843. The van der Waals surface area contributed by atoms with Gasteiger partial charge in [-0.15, -0.1) is 0 Å². The molecule has 4 nitrogen and oxygen atoms in total. The highest BCUT2D eigenvalue weighted by Gasteiger charge is 2.14. The van der Waals surface area contributed by atoms with Crippen LogP contribution in [0.2, 0.25) is 0 Å². The Morgan fingerprint density at radius 1 is 1.24 bits per heavy atom. The van der Waals surface area contributed by atoms with Crippen molar-refractivity contribution in [2.75, 3.05) is 26.2 Å². The number of nitrogens with one attached hydrogen (secondary N) is 1. The summed E-state index contributed by atoms with van der Waals surface area (Å²) in [5.74, 6) is 2.03. The first-order chi connectivity index (χ1) is 10.2. The highest BCUT2D eigenvalue weighted by Crippen LogP contribution is 2.15. The van der Waals surface area contributed by atoms with E-state index < -0.39 is 0 Å². The number of piperidine rings is 1. The van der Waals surface area contributed by atoms with Crippen molar-refractivity contribution in [2.45, 2.75) is 26.3 Å². The van der Waals surface area contributed by atoms with Crippen LogP contribution in [0.1, 0.15) is 25.6 Å². The number of nitrogens with zero attached hydrogens (tertiary/aromatic N) is 3. The number of aromatic nitrogens is 2. The van der Waals surface area contributed by atoms with Crippen LogP contribution in [-0.4, -0.2) is 40.6 Å². The number of fused-ring (bicyclic) bond motifs is 1. The normalized spacial score (nSPS) is 17.6. The number of imidazole rings is 1. The molecule has 1 aromatic carbocycles. The van der Waals surface area contributed by atoms with Gasteiger partial charge in [-0.2, -0.15) is 0 Å². The minimum Gasteiger partial charge on any atom is -0.330 e. The first-order valence-electron chi connectivity index (χ1n) is 8.07. The zero-order valence-electron chi connectivity index (χ0n) is 13.2. The maximum absolute atomic E-state index is 4.69. The van der Waals surface area contributed by atoms with Gasteiger partial charge >= 0.3 is 0 Å². The Labute approximate surface area is 127 Å². The number of aryl methyl sites for hydroxylation is 1. The van der Waals surface area contributed by atoms with Gasteiger partial charge in [0.05, 0.1) is 17.6 Å². The lowest BCUT2D eigenvalue weighted by molar-refractivity contribution is 0.193. The Morgan fingerprint density at radius 3 is 2.76 bits per heavy atom. The van der Waals surface area contributed by atoms with Crippen LogP contribution in [0.25, 0.3) is 11.0 Å². The van der Waals surface area contributed by atoms with E-state index in [0.717, 1.165) is 36.9 Å². The summed E-state index contributed by atoms with van der Waals surface area (Å²) in [7, 11) is 2.10. The smallest absolute Gasteiger partial charge is 0.123 e. The molecule has 0 unspecified atom stereocenters. The summed E-state index contributed by atoms with van der Waals surface area (Å²) in [5, 5.41) is 3.54. The fourth-order valence-corrected chi connectivity index (χ4v) is 3.08. The van der Waals surface area contributed by atoms with Gasteiger partial charge in [0, 0.05) is 20.1 Å². The molecule has 114 valence electrons. The van der Waals surface area contributed by atoms with Gasteiger partial charge in [0.15, 0.2) is 0 Å². The van der Waals surface area contributed by atoms with Crippen LogP contribution in [0.5, 0.6) is 0 Å². The Balaban J connectivity index is 1.47. The van der Waals surface area contributed by atoms with Crippen molar-refractivity contribution in [1.29, 1.82) is 0 Å². The van der Waals surface area contributed by atoms with Gasteiger partial charge in [0.1, 0.15) is 5.82 Å². The number of para-hydroxylation sites is 2. The van der Waals surface area contributed by atoms with Gasteiger partial charge in [0.2, 0.25) is 0 Å². The van der Waals surface area contributed by atoms with Crippen molar-refractivity contribution in [1.82, 2.24) is 19.8 Å². The van der Waals surface area contributed by atoms with E-state index in [4.69, 9.17) is 4.98 Å². The van der Waals surface area contributed by atoms with Gasteiger partial charge in [-0.3, -0.25) is 0 Å². The Bertz CT molecular complexity index is 581. The third kappa shape index (κ3) is 3.44. The Morgan fingerprint density at radius 2 is 2.00 bits per heavy atom. The fraction of sp³-hybridized carbons (Fsp3) is 0.588. The van der Waals surface area contributed by atoms with E-state index >= 15 is 0 Å². The summed E-state index contributed by atoms with van der Waals surface area (Å²) >= 11 is 0. The Kier molecular flexibility index (Phi) is 4.56. The summed E-state index contributed by atoms with van der Waals surface area (Å²) in [6.45, 7) is 7.91. The van der Waals surface area contributed by atoms with Crippen molar-refractivity contribution in [3.8, 4) is 0 Å². The van der Waals surface area contributed by atoms with Crippen molar-refractivity contribution in [3.63, 3.8) is 0 Å². The highest BCUT2D eigenvalue weighted by atomic mass is 15.1. The summed E-state index contributed by atoms with van der Waals surface area (Å²) in [4.78, 5) is 7.26. The standard InChI is InChI=1S/C17H26N4/c1-14-7-10-21(11-8-14)12-9-18-13-17-19-15-5-3-4-6-16(15)20(17)2/h3-6,14,18H,7-13H2,1-2H3. The zero-order chi connectivity index (χ0) is 14.7. The predicted molar refractivity (Wildman–Crippen MR) is 87.3 cm³/mol. The molecule has 1 N–H and O–H groups in total. The second kappa shape index (κ2) is 6.58. The molecule has 0 amide bonds. The first-order valence-corrected chi connectivity index (χ1v) is 8.07. The molecule has 1 fully saturated rings. The summed E-state index contributed by atoms with van der Waals surface area (Å²) in [6.07, 6.45) is 2.70. The average molecular weight is 286 g/mol. The Hall–Kier alpha value is -1.39. The minimum atomic E-state index is 0.843. The molecular formula is C17H26N4. The van der Waals surface area contributed by atoms with Gasteiger partial charge in [-0.05, 0) is 44.0 Å². The van der Waals surface area contributed by atoms with Crippen LogP contribution in [0, 0.1) is 5.92 Å². The van der Waals surface area contributed by atoms with Crippen LogP contribution >= 0.6 is 0 Å². The molecule has 0 saturated carbocycles. The molecule has 21 heavy (non-hydrogen) atoms. The topological polar surface area (TPSA) is 33.1 Å². The second-order valence-corrected chi connectivity index (χ2v) is 6.28. The van der Waals surface area contributed by atoms with Gasteiger partial charge in [0.25, 0.3) is 0 Å². The average Bonchev–Trinajstić information content (AvgIpc) is 2.82. The lowest BCUT2D eigenvalue weighted by Crippen LogP contribution is -2.37. The molecule has 0 atom stereocenters. The van der Waals surface area contributed by atoms with Crippen molar-refractivity contribution < 1.29 is 0 Å². The van der Waals surface area contributed by atoms with Gasteiger partial charge in [-0.25, -0.2) is 4.98 Å². The highest BCUT2D eigenvalue weighted by molar-refractivity contribution is 5.75. The molecule has 1 aliphatic rings. The SMILES string of the molecule is CC1CCN(CCNCc2nc3ccccc3n2C)CC1. The van der Waals surface area contributed by atoms with Crippen LogP contribution < -0.4 is 5.32 Å². The fourth-order valence-electron chi connectivity index (χ4n) is 3.08. The van der Waals surface area contributed by atoms with E-state index in [0.29, 0.717) is 0 Å². The molecule has 2 aromatic rings. The predicted octanol–water partition coefficient (Wildman–Crippen LogP) is 2.39. The molecule has 0 aliphatic carbocycles. The molecule has 2 heterocycles. The molecule has 1 aliphatic heterocycles. The lowest BCUT2D eigenvalue weighted by atomic mass is 9.99. The monoisotopic (exact) mass is 286 g/mol. The summed E-state index contributed by atoms with van der Waals surface area (Å²) in [5.41, 5.74) is 2.29. The maximum atomic E-state index is 4.69. The molecule has 1 aromatic heterocycles. The van der Waals surface area contributed by atoms with Crippen molar-refractivity contribution in [2.24, 2.45) is 13.0 Å². The third-order valence-electron chi connectivity index (χ3n) is 4.64. The third-order valence-corrected chi connectivity index (χ3v) is 4.64. The van der Waals surface area contributed by atoms with E-state index in [1.807, 2.05) is 6.07 Å². The van der Waals surface area contributed by atoms with Gasteiger partial charge < -0.3 is 14.8 Å². The molecule has 4 heteroatoms. The zero-order valence-corrected chi connectivity index (χ0v) is 13.2. The van der Waals surface area contributed by atoms with Crippen LogP contribution in [0.15, 0.2) is 24.3 Å². The molecule has 0 radical (unpaired) electrons. The van der Waals surface area contributed by atoms with Crippen molar-refractivity contribution >= 4 is 11.0 Å². The van der Waals surface area contributed by atoms with Crippen LogP contribution in [0.3, 0.4) is 0 Å². The summed E-state index contributed by atoms with van der Waals surface area (Å²) < 4.78 is 2.19. The number of rotatable bonds is 5. The quantitative estimate of drug-likeness (QED) is 0.857. The second-order valence-electron chi connectivity index (χ2n) is 6.28. The maximum Gasteiger partial charge on any atom is 0.123 e. The van der Waals surface area contributed by atoms with E-state index in [9.17, 15) is 0 Å².